The third kappa shape index (κ3) is 3.19. The first-order valence-corrected chi connectivity index (χ1v) is 6.62. The third-order valence-electron chi connectivity index (χ3n) is 3.84. The predicted molar refractivity (Wildman–Crippen MR) is 64.3 cm³/mol. The average Bonchev–Trinajstić information content (AvgIpc) is 2.83. The van der Waals surface area contributed by atoms with Crippen molar-refractivity contribution in [2.45, 2.75) is 64.4 Å². The molecule has 0 aromatic rings. The lowest BCUT2D eigenvalue weighted by atomic mass is 10.00. The zero-order valence-corrected chi connectivity index (χ0v) is 10.8. The Bertz CT molecular complexity index is 222. The monoisotopic (exact) mass is 227 g/mol. The molecule has 2 atom stereocenters. The quantitative estimate of drug-likeness (QED) is 0.799. The number of rotatable bonds is 4. The largest absolute Gasteiger partial charge is 0.348 e. The van der Waals surface area contributed by atoms with Gasteiger partial charge >= 0.3 is 0 Å². The van der Waals surface area contributed by atoms with Crippen LogP contribution in [0.2, 0.25) is 0 Å². The minimum absolute atomic E-state index is 0.221. The molecule has 16 heavy (non-hydrogen) atoms. The van der Waals surface area contributed by atoms with Crippen LogP contribution in [0.25, 0.3) is 0 Å². The molecular weight excluding hydrogens is 202 g/mol. The van der Waals surface area contributed by atoms with Gasteiger partial charge in [-0.2, -0.15) is 0 Å². The van der Waals surface area contributed by atoms with E-state index in [9.17, 15) is 0 Å². The van der Waals surface area contributed by atoms with Crippen molar-refractivity contribution in [1.29, 1.82) is 0 Å². The minimum Gasteiger partial charge on any atom is -0.348 e. The van der Waals surface area contributed by atoms with Crippen molar-refractivity contribution < 1.29 is 9.47 Å². The zero-order chi connectivity index (χ0) is 11.6. The fourth-order valence-electron chi connectivity index (χ4n) is 2.81. The van der Waals surface area contributed by atoms with Crippen molar-refractivity contribution in [2.24, 2.45) is 5.92 Å². The van der Waals surface area contributed by atoms with E-state index in [4.69, 9.17) is 9.47 Å². The number of ether oxygens (including phenoxy) is 2. The molecule has 94 valence electrons. The summed E-state index contributed by atoms with van der Waals surface area (Å²) in [6.07, 6.45) is 5.82. The van der Waals surface area contributed by atoms with E-state index in [0.717, 1.165) is 19.1 Å². The van der Waals surface area contributed by atoms with Crippen molar-refractivity contribution >= 4 is 0 Å². The SMILES string of the molecule is CC(NCC1COC(C)(C)O1)C1CCCC1. The van der Waals surface area contributed by atoms with E-state index in [1.807, 2.05) is 13.8 Å². The molecule has 2 unspecified atom stereocenters. The van der Waals surface area contributed by atoms with Crippen LogP contribution in [0.3, 0.4) is 0 Å². The predicted octanol–water partition coefficient (Wildman–Crippen LogP) is 2.31. The lowest BCUT2D eigenvalue weighted by molar-refractivity contribution is -0.137. The molecule has 1 saturated carbocycles. The van der Waals surface area contributed by atoms with Crippen LogP contribution in [0.15, 0.2) is 0 Å². The summed E-state index contributed by atoms with van der Waals surface area (Å²) in [6, 6.07) is 0.620. The average molecular weight is 227 g/mol. The summed E-state index contributed by atoms with van der Waals surface area (Å²) in [7, 11) is 0. The van der Waals surface area contributed by atoms with Gasteiger partial charge in [-0.25, -0.2) is 0 Å². The van der Waals surface area contributed by atoms with Crippen molar-refractivity contribution in [2.75, 3.05) is 13.2 Å². The van der Waals surface area contributed by atoms with Gasteiger partial charge in [-0.15, -0.1) is 0 Å². The van der Waals surface area contributed by atoms with Crippen LogP contribution >= 0.6 is 0 Å². The Hall–Kier alpha value is -0.120. The fraction of sp³-hybridized carbons (Fsp3) is 1.00. The third-order valence-corrected chi connectivity index (χ3v) is 3.84. The smallest absolute Gasteiger partial charge is 0.163 e. The molecule has 1 heterocycles. The number of nitrogens with one attached hydrogen (secondary N) is 1. The van der Waals surface area contributed by atoms with Gasteiger partial charge in [-0.3, -0.25) is 0 Å². The molecule has 0 amide bonds. The fourth-order valence-corrected chi connectivity index (χ4v) is 2.81. The van der Waals surface area contributed by atoms with Crippen LogP contribution in [0, 0.1) is 5.92 Å². The second kappa shape index (κ2) is 5.03. The highest BCUT2D eigenvalue weighted by Gasteiger charge is 2.33. The molecule has 1 saturated heterocycles. The van der Waals surface area contributed by atoms with Crippen molar-refractivity contribution in [3.63, 3.8) is 0 Å². The maximum absolute atomic E-state index is 5.78. The normalized spacial score (nSPS) is 32.1. The van der Waals surface area contributed by atoms with Gasteiger partial charge in [0.25, 0.3) is 0 Å². The molecule has 0 aromatic heterocycles. The Morgan fingerprint density at radius 2 is 2.00 bits per heavy atom. The van der Waals surface area contributed by atoms with E-state index >= 15 is 0 Å². The van der Waals surface area contributed by atoms with E-state index in [-0.39, 0.29) is 11.9 Å². The molecule has 1 N–H and O–H groups in total. The Balaban J connectivity index is 1.67. The van der Waals surface area contributed by atoms with E-state index in [2.05, 4.69) is 12.2 Å². The molecule has 0 spiro atoms. The van der Waals surface area contributed by atoms with Gasteiger partial charge in [0.05, 0.1) is 12.7 Å². The summed E-state index contributed by atoms with van der Waals surface area (Å²) in [5, 5.41) is 3.60. The second-order valence-electron chi connectivity index (χ2n) is 5.69. The summed E-state index contributed by atoms with van der Waals surface area (Å²) in [6.45, 7) is 7.90. The van der Waals surface area contributed by atoms with Crippen LogP contribution in [-0.4, -0.2) is 31.1 Å². The Morgan fingerprint density at radius 3 is 2.56 bits per heavy atom. The second-order valence-corrected chi connectivity index (χ2v) is 5.69. The summed E-state index contributed by atoms with van der Waals surface area (Å²) in [5.41, 5.74) is 0. The molecule has 3 nitrogen and oxygen atoms in total. The van der Waals surface area contributed by atoms with Gasteiger partial charge in [0, 0.05) is 12.6 Å². The zero-order valence-electron chi connectivity index (χ0n) is 10.8. The van der Waals surface area contributed by atoms with Gasteiger partial charge < -0.3 is 14.8 Å². The van der Waals surface area contributed by atoms with Gasteiger partial charge in [0.2, 0.25) is 0 Å². The molecular formula is C13H25NO2. The Morgan fingerprint density at radius 1 is 1.31 bits per heavy atom. The van der Waals surface area contributed by atoms with Crippen molar-refractivity contribution in [3.05, 3.63) is 0 Å². The molecule has 2 fully saturated rings. The van der Waals surface area contributed by atoms with Crippen LogP contribution in [0.4, 0.5) is 0 Å². The van der Waals surface area contributed by atoms with E-state index in [1.54, 1.807) is 0 Å². The van der Waals surface area contributed by atoms with Crippen LogP contribution < -0.4 is 5.32 Å². The topological polar surface area (TPSA) is 30.5 Å². The molecule has 2 rings (SSSR count). The summed E-state index contributed by atoms with van der Waals surface area (Å²) in [4.78, 5) is 0. The summed E-state index contributed by atoms with van der Waals surface area (Å²) in [5.74, 6) is 0.485. The van der Waals surface area contributed by atoms with Gasteiger partial charge in [0.1, 0.15) is 0 Å². The van der Waals surface area contributed by atoms with Gasteiger partial charge in [-0.05, 0) is 39.5 Å². The number of hydrogen-bond acceptors (Lipinski definition) is 3. The highest BCUT2D eigenvalue weighted by Crippen LogP contribution is 2.28. The van der Waals surface area contributed by atoms with Crippen molar-refractivity contribution in [1.82, 2.24) is 5.32 Å². The first kappa shape index (κ1) is 12.3. The van der Waals surface area contributed by atoms with Crippen LogP contribution in [0.5, 0.6) is 0 Å². The lowest BCUT2D eigenvalue weighted by Gasteiger charge is -2.22. The van der Waals surface area contributed by atoms with Gasteiger partial charge in [0.15, 0.2) is 5.79 Å². The Kier molecular flexibility index (Phi) is 3.88. The molecule has 1 aliphatic carbocycles. The van der Waals surface area contributed by atoms with Gasteiger partial charge in [-0.1, -0.05) is 12.8 Å². The maximum Gasteiger partial charge on any atom is 0.163 e. The standard InChI is InChI=1S/C13H25NO2/c1-10(11-6-4-5-7-11)14-8-12-9-15-13(2,3)16-12/h10-12,14H,4-9H2,1-3H3. The van der Waals surface area contributed by atoms with E-state index < -0.39 is 0 Å². The molecule has 2 aliphatic rings. The number of hydrogen-bond donors (Lipinski definition) is 1. The van der Waals surface area contributed by atoms with E-state index in [0.29, 0.717) is 6.04 Å². The Labute approximate surface area is 98.9 Å². The minimum atomic E-state index is -0.386. The maximum atomic E-state index is 5.78. The summed E-state index contributed by atoms with van der Waals surface area (Å²) < 4.78 is 11.3. The molecule has 0 radical (unpaired) electrons. The molecule has 0 aromatic carbocycles. The molecule has 1 aliphatic heterocycles. The van der Waals surface area contributed by atoms with Crippen LogP contribution in [0.1, 0.15) is 46.5 Å². The molecule has 3 heteroatoms. The highest BCUT2D eigenvalue weighted by atomic mass is 16.7. The highest BCUT2D eigenvalue weighted by molar-refractivity contribution is 4.80. The summed E-state index contributed by atoms with van der Waals surface area (Å²) >= 11 is 0. The van der Waals surface area contributed by atoms with Crippen molar-refractivity contribution in [3.8, 4) is 0 Å². The van der Waals surface area contributed by atoms with E-state index in [1.165, 1.54) is 25.7 Å². The lowest BCUT2D eigenvalue weighted by Crippen LogP contribution is -2.39. The first-order chi connectivity index (χ1) is 7.57. The molecule has 0 bridgehead atoms. The van der Waals surface area contributed by atoms with Crippen LogP contribution in [-0.2, 0) is 9.47 Å². The first-order valence-electron chi connectivity index (χ1n) is 6.62.